The van der Waals surface area contributed by atoms with Gasteiger partial charge in [0.1, 0.15) is 0 Å². The lowest BCUT2D eigenvalue weighted by molar-refractivity contribution is -0.0590. The van der Waals surface area contributed by atoms with Gasteiger partial charge in [0.15, 0.2) is 0 Å². The zero-order chi connectivity index (χ0) is 11.6. The third kappa shape index (κ3) is 2.58. The second-order valence-corrected chi connectivity index (χ2v) is 6.00. The van der Waals surface area contributed by atoms with Crippen molar-refractivity contribution in [3.05, 3.63) is 0 Å². The molecule has 2 aliphatic rings. The molecular formula is C13H26N2O. The second-order valence-electron chi connectivity index (χ2n) is 6.00. The molecule has 0 aromatic carbocycles. The van der Waals surface area contributed by atoms with Crippen LogP contribution in [0.5, 0.6) is 0 Å². The Kier molecular flexibility index (Phi) is 3.88. The van der Waals surface area contributed by atoms with Crippen LogP contribution in [0.25, 0.3) is 0 Å². The third-order valence-corrected chi connectivity index (χ3v) is 4.39. The van der Waals surface area contributed by atoms with Gasteiger partial charge in [0, 0.05) is 18.6 Å². The van der Waals surface area contributed by atoms with Crippen LogP contribution in [-0.2, 0) is 4.74 Å². The van der Waals surface area contributed by atoms with Crippen LogP contribution >= 0.6 is 0 Å². The maximum Gasteiger partial charge on any atom is 0.0645 e. The van der Waals surface area contributed by atoms with Crippen LogP contribution in [-0.4, -0.2) is 43.3 Å². The van der Waals surface area contributed by atoms with Gasteiger partial charge in [-0.3, -0.25) is 4.90 Å². The summed E-state index contributed by atoms with van der Waals surface area (Å²) in [5.41, 5.74) is 6.06. The number of hydrogen-bond donors (Lipinski definition) is 1. The minimum atomic E-state index is 0.208. The summed E-state index contributed by atoms with van der Waals surface area (Å²) in [6, 6.07) is 0. The summed E-state index contributed by atoms with van der Waals surface area (Å²) in [6.07, 6.45) is 4.08. The molecule has 16 heavy (non-hydrogen) atoms. The molecule has 2 N–H and O–H groups in total. The highest BCUT2D eigenvalue weighted by Gasteiger charge is 2.35. The minimum absolute atomic E-state index is 0.208. The van der Waals surface area contributed by atoms with E-state index < -0.39 is 0 Å². The van der Waals surface area contributed by atoms with Crippen molar-refractivity contribution in [2.45, 2.75) is 38.6 Å². The molecule has 3 nitrogen and oxygen atoms in total. The van der Waals surface area contributed by atoms with Gasteiger partial charge in [-0.1, -0.05) is 6.42 Å². The van der Waals surface area contributed by atoms with Crippen LogP contribution in [0.4, 0.5) is 0 Å². The Balaban J connectivity index is 1.92. The van der Waals surface area contributed by atoms with Crippen molar-refractivity contribution in [3.8, 4) is 0 Å². The fourth-order valence-electron chi connectivity index (χ4n) is 3.18. The number of nitrogens with two attached hydrogens (primary N) is 1. The van der Waals surface area contributed by atoms with E-state index in [1.807, 2.05) is 0 Å². The molecule has 2 unspecified atom stereocenters. The summed E-state index contributed by atoms with van der Waals surface area (Å²) in [5, 5.41) is 0. The summed E-state index contributed by atoms with van der Waals surface area (Å²) < 4.78 is 5.57. The molecule has 0 radical (unpaired) electrons. The zero-order valence-corrected chi connectivity index (χ0v) is 10.7. The molecule has 1 heterocycles. The molecule has 0 aromatic rings. The largest absolute Gasteiger partial charge is 0.378 e. The Hall–Kier alpha value is -0.120. The van der Waals surface area contributed by atoms with Crippen LogP contribution in [0.3, 0.4) is 0 Å². The van der Waals surface area contributed by atoms with Crippen molar-refractivity contribution < 1.29 is 4.74 Å². The van der Waals surface area contributed by atoms with E-state index in [9.17, 15) is 0 Å². The highest BCUT2D eigenvalue weighted by molar-refractivity contribution is 4.88. The lowest BCUT2D eigenvalue weighted by atomic mass is 9.92. The quantitative estimate of drug-likeness (QED) is 0.792. The van der Waals surface area contributed by atoms with Crippen LogP contribution in [0.15, 0.2) is 0 Å². The average Bonchev–Trinajstić information content (AvgIpc) is 2.68. The van der Waals surface area contributed by atoms with Gasteiger partial charge in [-0.25, -0.2) is 0 Å². The minimum Gasteiger partial charge on any atom is -0.378 e. The Morgan fingerprint density at radius 2 is 2.06 bits per heavy atom. The molecule has 0 aromatic heterocycles. The number of morpholine rings is 1. The molecule has 2 fully saturated rings. The van der Waals surface area contributed by atoms with Crippen LogP contribution in [0, 0.1) is 11.8 Å². The summed E-state index contributed by atoms with van der Waals surface area (Å²) in [4.78, 5) is 2.61. The number of ether oxygens (including phenoxy) is 1. The van der Waals surface area contributed by atoms with Gasteiger partial charge in [0.05, 0.1) is 13.2 Å². The first-order chi connectivity index (χ1) is 7.63. The maximum absolute atomic E-state index is 5.85. The topological polar surface area (TPSA) is 38.5 Å². The predicted molar refractivity (Wildman–Crippen MR) is 66.4 cm³/mol. The Labute approximate surface area is 99.3 Å². The van der Waals surface area contributed by atoms with E-state index in [1.54, 1.807) is 0 Å². The molecule has 1 saturated heterocycles. The highest BCUT2D eigenvalue weighted by Crippen LogP contribution is 2.33. The van der Waals surface area contributed by atoms with Crippen LogP contribution in [0.2, 0.25) is 0 Å². The standard InChI is InChI=1S/C13H26N2O/c1-13(2)10-16-7-6-15(13)9-12-5-3-4-11(12)8-14/h11-12H,3-10,14H2,1-2H3. The molecule has 1 aliphatic heterocycles. The summed E-state index contributed by atoms with van der Waals surface area (Å²) in [5.74, 6) is 1.58. The lowest BCUT2D eigenvalue weighted by Crippen LogP contribution is -2.54. The van der Waals surface area contributed by atoms with Gasteiger partial charge in [-0.15, -0.1) is 0 Å². The van der Waals surface area contributed by atoms with E-state index in [4.69, 9.17) is 10.5 Å². The average molecular weight is 226 g/mol. The zero-order valence-electron chi connectivity index (χ0n) is 10.7. The SMILES string of the molecule is CC1(C)COCCN1CC1CCCC1CN. The van der Waals surface area contributed by atoms with Gasteiger partial charge >= 0.3 is 0 Å². The molecular weight excluding hydrogens is 200 g/mol. The van der Waals surface area contributed by atoms with Crippen molar-refractivity contribution in [2.24, 2.45) is 17.6 Å². The van der Waals surface area contributed by atoms with Crippen molar-refractivity contribution in [3.63, 3.8) is 0 Å². The molecule has 3 heteroatoms. The molecule has 94 valence electrons. The highest BCUT2D eigenvalue weighted by atomic mass is 16.5. The van der Waals surface area contributed by atoms with Crippen molar-refractivity contribution >= 4 is 0 Å². The molecule has 0 amide bonds. The van der Waals surface area contributed by atoms with E-state index in [-0.39, 0.29) is 5.54 Å². The number of rotatable bonds is 3. The first-order valence-electron chi connectivity index (χ1n) is 6.66. The first-order valence-corrected chi connectivity index (χ1v) is 6.66. The normalized spacial score (nSPS) is 35.4. The maximum atomic E-state index is 5.85. The predicted octanol–water partition coefficient (Wildman–Crippen LogP) is 1.47. The molecule has 0 bridgehead atoms. The van der Waals surface area contributed by atoms with E-state index in [0.29, 0.717) is 0 Å². The molecule has 1 saturated carbocycles. The van der Waals surface area contributed by atoms with E-state index in [0.717, 1.165) is 38.1 Å². The molecule has 0 spiro atoms. The van der Waals surface area contributed by atoms with Crippen LogP contribution < -0.4 is 5.73 Å². The second kappa shape index (κ2) is 5.03. The lowest BCUT2D eigenvalue weighted by Gasteiger charge is -2.44. The smallest absolute Gasteiger partial charge is 0.0645 e. The fourth-order valence-corrected chi connectivity index (χ4v) is 3.18. The number of nitrogens with zero attached hydrogens (tertiary/aromatic N) is 1. The van der Waals surface area contributed by atoms with Gasteiger partial charge in [-0.2, -0.15) is 0 Å². The van der Waals surface area contributed by atoms with E-state index >= 15 is 0 Å². The van der Waals surface area contributed by atoms with E-state index in [2.05, 4.69) is 18.7 Å². The molecule has 2 atom stereocenters. The number of hydrogen-bond acceptors (Lipinski definition) is 3. The summed E-state index contributed by atoms with van der Waals surface area (Å²) in [6.45, 7) is 9.52. The van der Waals surface area contributed by atoms with Crippen molar-refractivity contribution in [2.75, 3.05) is 32.8 Å². The molecule has 1 aliphatic carbocycles. The third-order valence-electron chi connectivity index (χ3n) is 4.39. The van der Waals surface area contributed by atoms with Crippen LogP contribution in [0.1, 0.15) is 33.1 Å². The van der Waals surface area contributed by atoms with Gasteiger partial charge < -0.3 is 10.5 Å². The Bertz CT molecular complexity index is 230. The summed E-state index contributed by atoms with van der Waals surface area (Å²) >= 11 is 0. The van der Waals surface area contributed by atoms with Gasteiger partial charge in [0.2, 0.25) is 0 Å². The first kappa shape index (κ1) is 12.3. The molecule has 2 rings (SSSR count). The Morgan fingerprint density at radius 1 is 1.31 bits per heavy atom. The fraction of sp³-hybridized carbons (Fsp3) is 1.00. The van der Waals surface area contributed by atoms with Crippen molar-refractivity contribution in [1.82, 2.24) is 4.90 Å². The Morgan fingerprint density at radius 3 is 2.75 bits per heavy atom. The van der Waals surface area contributed by atoms with Crippen molar-refractivity contribution in [1.29, 1.82) is 0 Å². The summed E-state index contributed by atoms with van der Waals surface area (Å²) in [7, 11) is 0. The monoisotopic (exact) mass is 226 g/mol. The van der Waals surface area contributed by atoms with E-state index in [1.165, 1.54) is 25.8 Å². The van der Waals surface area contributed by atoms with Gasteiger partial charge in [0.25, 0.3) is 0 Å². The van der Waals surface area contributed by atoms with Gasteiger partial charge in [-0.05, 0) is 45.1 Å².